The minimum absolute atomic E-state index is 0. The SMILES string of the molecule is CCOC(=O)C1=C(C)NC(C)=C(C(=O)OCC=O)C1C(=O)OC.C[O-].O=C[O-].[Na+].[Na+]. The molecule has 13 heteroatoms. The van der Waals surface area contributed by atoms with Crippen LogP contribution < -0.4 is 74.6 Å². The number of esters is 3. The number of hydrogen-bond acceptors (Lipinski definition) is 11. The van der Waals surface area contributed by atoms with E-state index in [9.17, 15) is 19.2 Å². The van der Waals surface area contributed by atoms with Gasteiger partial charge in [0.05, 0.1) is 24.9 Å². The van der Waals surface area contributed by atoms with Gasteiger partial charge in [0, 0.05) is 17.9 Å². The Balaban J connectivity index is -0.000000441. The summed E-state index contributed by atoms with van der Waals surface area (Å²) in [5.41, 5.74) is 0.597. The summed E-state index contributed by atoms with van der Waals surface area (Å²) in [5, 5.41) is 19.3. The normalized spacial score (nSPS) is 13.9. The van der Waals surface area contributed by atoms with Crippen molar-refractivity contribution in [2.45, 2.75) is 20.8 Å². The molecule has 0 aliphatic carbocycles. The molecule has 0 saturated carbocycles. The van der Waals surface area contributed by atoms with Crippen LogP contribution in [-0.2, 0) is 38.2 Å². The minimum atomic E-state index is -1.28. The van der Waals surface area contributed by atoms with Crippen LogP contribution in [0.5, 0.6) is 0 Å². The van der Waals surface area contributed by atoms with Crippen molar-refractivity contribution >= 4 is 30.7 Å². The van der Waals surface area contributed by atoms with Gasteiger partial charge in [-0.1, -0.05) is 0 Å². The molecular weight excluding hydrogens is 424 g/mol. The molecule has 1 atom stereocenters. The summed E-state index contributed by atoms with van der Waals surface area (Å²) in [6.45, 7) is 3.91. The third-order valence-electron chi connectivity index (χ3n) is 3.19. The zero-order chi connectivity index (χ0) is 22.3. The number of allylic oxidation sites excluding steroid dienone is 2. The first-order chi connectivity index (χ1) is 13.3. The molecule has 0 aromatic rings. The number of methoxy groups -OCH3 is 1. The van der Waals surface area contributed by atoms with E-state index < -0.39 is 36.9 Å². The van der Waals surface area contributed by atoms with E-state index in [1.807, 2.05) is 0 Å². The third-order valence-corrected chi connectivity index (χ3v) is 3.19. The van der Waals surface area contributed by atoms with E-state index in [1.165, 1.54) is 0 Å². The van der Waals surface area contributed by atoms with Gasteiger partial charge in [0.1, 0.15) is 12.5 Å². The molecule has 158 valence electrons. The summed E-state index contributed by atoms with van der Waals surface area (Å²) in [6, 6.07) is 0. The van der Waals surface area contributed by atoms with E-state index in [4.69, 9.17) is 29.2 Å². The van der Waals surface area contributed by atoms with Crippen molar-refractivity contribution in [3.63, 3.8) is 0 Å². The van der Waals surface area contributed by atoms with Gasteiger partial charge >= 0.3 is 77.0 Å². The molecular formula is C17H23NNa2O10. The number of nitrogens with one attached hydrogen (secondary N) is 1. The van der Waals surface area contributed by atoms with E-state index in [-0.39, 0.29) is 76.9 Å². The smallest absolute Gasteiger partial charge is 0.857 e. The number of rotatable bonds is 6. The molecule has 1 aliphatic rings. The van der Waals surface area contributed by atoms with Crippen molar-refractivity contribution in [3.8, 4) is 0 Å². The molecule has 30 heavy (non-hydrogen) atoms. The summed E-state index contributed by atoms with van der Waals surface area (Å²) in [6.07, 6.45) is 0.407. The summed E-state index contributed by atoms with van der Waals surface area (Å²) in [7, 11) is 1.90. The molecule has 1 rings (SSSR count). The molecule has 1 unspecified atom stereocenters. The van der Waals surface area contributed by atoms with Crippen LogP contribution in [0.1, 0.15) is 20.8 Å². The molecule has 1 N–H and O–H groups in total. The predicted octanol–water partition coefficient (Wildman–Crippen LogP) is -8.42. The van der Waals surface area contributed by atoms with Crippen LogP contribution in [0.4, 0.5) is 0 Å². The fourth-order valence-corrected chi connectivity index (χ4v) is 2.29. The molecule has 0 fully saturated rings. The second-order valence-electron chi connectivity index (χ2n) is 4.74. The first-order valence-electron chi connectivity index (χ1n) is 7.81. The number of carboxylic acid groups (broad SMARTS) is 1. The van der Waals surface area contributed by atoms with Gasteiger partial charge < -0.3 is 34.5 Å². The number of ether oxygens (including phenoxy) is 3. The quantitative estimate of drug-likeness (QED) is 0.177. The maximum absolute atomic E-state index is 12.2. The Morgan fingerprint density at radius 2 is 1.40 bits per heavy atom. The van der Waals surface area contributed by atoms with Crippen LogP contribution in [0.25, 0.3) is 0 Å². The van der Waals surface area contributed by atoms with Gasteiger partial charge in [-0.05, 0) is 20.8 Å². The van der Waals surface area contributed by atoms with Crippen LogP contribution in [0.2, 0.25) is 0 Å². The number of hydrogen-bond donors (Lipinski definition) is 1. The average molecular weight is 447 g/mol. The Morgan fingerprint density at radius 3 is 1.73 bits per heavy atom. The molecule has 11 nitrogen and oxygen atoms in total. The summed E-state index contributed by atoms with van der Waals surface area (Å²) in [4.78, 5) is 55.1. The number of dihydropyridines is 1. The minimum Gasteiger partial charge on any atom is -0.857 e. The Bertz CT molecular complexity index is 646. The zero-order valence-corrected chi connectivity index (χ0v) is 22.2. The first-order valence-corrected chi connectivity index (χ1v) is 7.81. The van der Waals surface area contributed by atoms with E-state index in [2.05, 4.69) is 5.32 Å². The third kappa shape index (κ3) is 11.3. The fraction of sp³-hybridized carbons (Fsp3) is 0.471. The van der Waals surface area contributed by atoms with Gasteiger partial charge in [-0.2, -0.15) is 7.11 Å². The van der Waals surface area contributed by atoms with E-state index in [0.717, 1.165) is 14.2 Å². The summed E-state index contributed by atoms with van der Waals surface area (Å²) < 4.78 is 14.4. The van der Waals surface area contributed by atoms with Crippen LogP contribution in [0.15, 0.2) is 22.5 Å². The van der Waals surface area contributed by atoms with Crippen LogP contribution in [0, 0.1) is 5.92 Å². The van der Waals surface area contributed by atoms with Crippen molar-refractivity contribution in [2.24, 2.45) is 5.92 Å². The van der Waals surface area contributed by atoms with Crippen molar-refractivity contribution in [1.29, 1.82) is 0 Å². The van der Waals surface area contributed by atoms with E-state index in [1.54, 1.807) is 20.8 Å². The van der Waals surface area contributed by atoms with Gasteiger partial charge in [-0.25, -0.2) is 9.59 Å². The molecule has 0 saturated heterocycles. The Kier molecular flexibility index (Phi) is 25.4. The van der Waals surface area contributed by atoms with Crippen LogP contribution in [-0.4, -0.2) is 58.1 Å². The second-order valence-corrected chi connectivity index (χ2v) is 4.74. The molecule has 1 heterocycles. The van der Waals surface area contributed by atoms with Crippen molar-refractivity contribution in [3.05, 3.63) is 22.5 Å². The molecule has 1 aliphatic heterocycles. The monoisotopic (exact) mass is 447 g/mol. The Labute approximate surface area is 218 Å². The molecule has 0 bridgehead atoms. The zero-order valence-electron chi connectivity index (χ0n) is 18.2. The number of aldehydes is 1. The first kappa shape index (κ1) is 36.2. The maximum Gasteiger partial charge on any atom is 1.00 e. The maximum atomic E-state index is 12.2. The number of carbonyl (C=O) groups excluding carboxylic acids is 5. The molecule has 0 radical (unpaired) electrons. The fourth-order valence-electron chi connectivity index (χ4n) is 2.29. The predicted molar refractivity (Wildman–Crippen MR) is 89.7 cm³/mol. The van der Waals surface area contributed by atoms with E-state index in [0.29, 0.717) is 17.7 Å². The van der Waals surface area contributed by atoms with Gasteiger partial charge in [0.2, 0.25) is 0 Å². The van der Waals surface area contributed by atoms with Crippen molar-refractivity contribution < 1.29 is 108 Å². The molecule has 0 aromatic heterocycles. The van der Waals surface area contributed by atoms with Crippen molar-refractivity contribution in [1.82, 2.24) is 5.32 Å². The van der Waals surface area contributed by atoms with Crippen LogP contribution in [0.3, 0.4) is 0 Å². The van der Waals surface area contributed by atoms with Gasteiger partial charge in [0.15, 0.2) is 6.29 Å². The topological polar surface area (TPSA) is 171 Å². The van der Waals surface area contributed by atoms with Gasteiger partial charge in [0.25, 0.3) is 0 Å². The Morgan fingerprint density at radius 1 is 1.00 bits per heavy atom. The van der Waals surface area contributed by atoms with Crippen molar-refractivity contribution in [2.75, 3.05) is 27.4 Å². The van der Waals surface area contributed by atoms with Gasteiger partial charge in [-0.3, -0.25) is 9.59 Å². The van der Waals surface area contributed by atoms with Crippen LogP contribution >= 0.6 is 0 Å². The summed E-state index contributed by atoms with van der Waals surface area (Å²) >= 11 is 0. The summed E-state index contributed by atoms with van der Waals surface area (Å²) in [5.74, 6) is -3.70. The standard InChI is InChI=1S/C15H19NO7.CH2O2.CH3O.2Na/c1-5-22-14(19)10-8(2)16-9(3)11(12(10)13(18)21-4)15(20)23-7-6-17;2-1-3;1-2;;/h6,12,16H,5,7H2,1-4H3;1H,(H,2,3);1H3;;/q;;-1;2*+1/p-1. The Hall–Kier alpha value is -1.21. The largest absolute Gasteiger partial charge is 1.00 e. The van der Waals surface area contributed by atoms with E-state index >= 15 is 0 Å². The second kappa shape index (κ2) is 21.0. The number of carbonyl (C=O) groups is 5. The molecule has 0 amide bonds. The van der Waals surface area contributed by atoms with Gasteiger partial charge in [-0.15, -0.1) is 0 Å². The average Bonchev–Trinajstić information content (AvgIpc) is 2.67. The molecule has 0 spiro atoms. The molecule has 0 aromatic carbocycles.